The Morgan fingerprint density at radius 3 is 3.15 bits per heavy atom. The summed E-state index contributed by atoms with van der Waals surface area (Å²) in [4.78, 5) is 28.6. The zero-order valence-corrected chi connectivity index (χ0v) is 7.03. The van der Waals surface area contributed by atoms with Gasteiger partial charge in [0, 0.05) is 6.42 Å². The SMILES string of the molecule is CC1Oc2nc[nH]c(=O)c2CC1=O. The molecule has 1 aliphatic rings. The van der Waals surface area contributed by atoms with Crippen LogP contribution in [0.3, 0.4) is 0 Å². The number of aromatic amines is 1. The Balaban J connectivity index is 2.54. The summed E-state index contributed by atoms with van der Waals surface area (Å²) in [5.74, 6) is 0.182. The minimum atomic E-state index is -0.498. The lowest BCUT2D eigenvalue weighted by atomic mass is 10.1. The van der Waals surface area contributed by atoms with Crippen LogP contribution in [0.15, 0.2) is 11.1 Å². The predicted octanol–water partition coefficient (Wildman–Crippen LogP) is -0.338. The molecule has 68 valence electrons. The fourth-order valence-corrected chi connectivity index (χ4v) is 1.22. The minimum Gasteiger partial charge on any atom is -0.466 e. The number of hydrogen-bond donors (Lipinski definition) is 1. The number of rotatable bonds is 0. The van der Waals surface area contributed by atoms with Crippen LogP contribution in [-0.4, -0.2) is 21.9 Å². The smallest absolute Gasteiger partial charge is 0.258 e. The highest BCUT2D eigenvalue weighted by molar-refractivity contribution is 5.86. The second-order valence-electron chi connectivity index (χ2n) is 2.92. The molecule has 0 aromatic carbocycles. The van der Waals surface area contributed by atoms with Crippen molar-refractivity contribution in [2.45, 2.75) is 19.4 Å². The number of ketones is 1. The van der Waals surface area contributed by atoms with Gasteiger partial charge in [0.1, 0.15) is 0 Å². The molecule has 0 spiro atoms. The number of fused-ring (bicyclic) bond motifs is 1. The minimum absolute atomic E-state index is 0.0917. The van der Waals surface area contributed by atoms with E-state index in [9.17, 15) is 9.59 Å². The molecule has 0 amide bonds. The van der Waals surface area contributed by atoms with Crippen molar-refractivity contribution < 1.29 is 9.53 Å². The summed E-state index contributed by atoms with van der Waals surface area (Å²) < 4.78 is 5.14. The molecule has 1 unspecified atom stereocenters. The molecule has 0 fully saturated rings. The number of aromatic nitrogens is 2. The Morgan fingerprint density at radius 2 is 2.38 bits per heavy atom. The Morgan fingerprint density at radius 1 is 1.62 bits per heavy atom. The fourth-order valence-electron chi connectivity index (χ4n) is 1.22. The van der Waals surface area contributed by atoms with Crippen LogP contribution in [0.1, 0.15) is 12.5 Å². The maximum Gasteiger partial charge on any atom is 0.258 e. The van der Waals surface area contributed by atoms with Crippen LogP contribution in [-0.2, 0) is 11.2 Å². The van der Waals surface area contributed by atoms with Crippen LogP contribution in [0, 0.1) is 0 Å². The molecule has 1 aromatic heterocycles. The molecule has 0 bridgehead atoms. The van der Waals surface area contributed by atoms with E-state index >= 15 is 0 Å². The molecule has 1 aromatic rings. The first-order valence-electron chi connectivity index (χ1n) is 3.94. The van der Waals surface area contributed by atoms with Gasteiger partial charge in [0.05, 0.1) is 11.9 Å². The average Bonchev–Trinajstić information content (AvgIpc) is 2.09. The standard InChI is InChI=1S/C8H8N2O3/c1-4-6(11)2-5-7(12)9-3-10-8(5)13-4/h3-4H,2H2,1H3,(H,9,10,12). The van der Waals surface area contributed by atoms with Crippen molar-refractivity contribution in [3.63, 3.8) is 0 Å². The van der Waals surface area contributed by atoms with Gasteiger partial charge in [0.15, 0.2) is 11.9 Å². The van der Waals surface area contributed by atoms with Gasteiger partial charge in [0.2, 0.25) is 5.88 Å². The number of hydrogen-bond acceptors (Lipinski definition) is 4. The summed E-state index contributed by atoms with van der Waals surface area (Å²) in [6.45, 7) is 1.65. The second kappa shape index (κ2) is 2.69. The molecule has 1 aliphatic heterocycles. The van der Waals surface area contributed by atoms with Crippen molar-refractivity contribution in [3.05, 3.63) is 22.2 Å². The van der Waals surface area contributed by atoms with Crippen LogP contribution in [0.2, 0.25) is 0 Å². The number of ether oxygens (including phenoxy) is 1. The Bertz CT molecular complexity index is 410. The van der Waals surface area contributed by atoms with Gasteiger partial charge >= 0.3 is 0 Å². The molecule has 5 nitrogen and oxygen atoms in total. The van der Waals surface area contributed by atoms with Crippen LogP contribution in [0.4, 0.5) is 0 Å². The summed E-state index contributed by atoms with van der Waals surface area (Å²) >= 11 is 0. The third-order valence-corrected chi connectivity index (χ3v) is 2.00. The Kier molecular flexibility index (Phi) is 1.65. The maximum atomic E-state index is 11.2. The topological polar surface area (TPSA) is 72.0 Å². The predicted molar refractivity (Wildman–Crippen MR) is 43.7 cm³/mol. The first kappa shape index (κ1) is 7.97. The van der Waals surface area contributed by atoms with E-state index in [-0.39, 0.29) is 23.6 Å². The molecule has 5 heteroatoms. The monoisotopic (exact) mass is 180 g/mol. The molecule has 2 heterocycles. The van der Waals surface area contributed by atoms with Crippen LogP contribution < -0.4 is 10.3 Å². The van der Waals surface area contributed by atoms with Crippen LogP contribution in [0.25, 0.3) is 0 Å². The van der Waals surface area contributed by atoms with E-state index in [1.165, 1.54) is 6.33 Å². The molecule has 0 saturated carbocycles. The highest BCUT2D eigenvalue weighted by atomic mass is 16.5. The quantitative estimate of drug-likeness (QED) is 0.593. The molecule has 0 radical (unpaired) electrons. The lowest BCUT2D eigenvalue weighted by Gasteiger charge is -2.19. The van der Waals surface area contributed by atoms with E-state index in [2.05, 4.69) is 9.97 Å². The summed E-state index contributed by atoms with van der Waals surface area (Å²) in [5.41, 5.74) is 0.0239. The fraction of sp³-hybridized carbons (Fsp3) is 0.375. The normalized spacial score (nSPS) is 20.7. The molecule has 0 saturated heterocycles. The van der Waals surface area contributed by atoms with E-state index < -0.39 is 6.10 Å². The summed E-state index contributed by atoms with van der Waals surface area (Å²) in [6, 6.07) is 0. The highest BCUT2D eigenvalue weighted by Gasteiger charge is 2.26. The van der Waals surface area contributed by atoms with Crippen LogP contribution in [0.5, 0.6) is 5.88 Å². The van der Waals surface area contributed by atoms with Crippen molar-refractivity contribution >= 4 is 5.78 Å². The van der Waals surface area contributed by atoms with Gasteiger partial charge in [0.25, 0.3) is 5.56 Å². The van der Waals surface area contributed by atoms with Crippen molar-refractivity contribution in [2.75, 3.05) is 0 Å². The van der Waals surface area contributed by atoms with Gasteiger partial charge in [-0.15, -0.1) is 0 Å². The van der Waals surface area contributed by atoms with E-state index in [0.29, 0.717) is 5.56 Å². The third-order valence-electron chi connectivity index (χ3n) is 2.00. The molecule has 2 rings (SSSR count). The van der Waals surface area contributed by atoms with Crippen molar-refractivity contribution in [1.82, 2.24) is 9.97 Å². The van der Waals surface area contributed by atoms with Crippen molar-refractivity contribution in [3.8, 4) is 5.88 Å². The first-order chi connectivity index (χ1) is 6.18. The van der Waals surface area contributed by atoms with Gasteiger partial charge in [-0.3, -0.25) is 9.59 Å². The summed E-state index contributed by atoms with van der Waals surface area (Å²) in [6.07, 6.45) is 0.880. The number of nitrogens with one attached hydrogen (secondary N) is 1. The lowest BCUT2D eigenvalue weighted by molar-refractivity contribution is -0.125. The van der Waals surface area contributed by atoms with E-state index in [4.69, 9.17) is 4.74 Å². The number of carbonyl (C=O) groups excluding carboxylic acids is 1. The second-order valence-corrected chi connectivity index (χ2v) is 2.92. The van der Waals surface area contributed by atoms with Crippen molar-refractivity contribution in [2.24, 2.45) is 0 Å². The van der Waals surface area contributed by atoms with Gasteiger partial charge in [-0.25, -0.2) is 4.98 Å². The zero-order chi connectivity index (χ0) is 9.42. The van der Waals surface area contributed by atoms with Gasteiger partial charge in [-0.05, 0) is 6.92 Å². The number of Topliss-reactive ketones (excluding diaryl/α,β-unsaturated/α-hetero) is 1. The molecular formula is C8H8N2O3. The van der Waals surface area contributed by atoms with Crippen LogP contribution >= 0.6 is 0 Å². The number of H-pyrrole nitrogens is 1. The molecule has 13 heavy (non-hydrogen) atoms. The Labute approximate surface area is 73.8 Å². The number of carbonyl (C=O) groups is 1. The molecule has 0 aliphatic carbocycles. The molecular weight excluding hydrogens is 172 g/mol. The van der Waals surface area contributed by atoms with E-state index in [0.717, 1.165) is 0 Å². The van der Waals surface area contributed by atoms with Gasteiger partial charge in [-0.2, -0.15) is 0 Å². The largest absolute Gasteiger partial charge is 0.466 e. The third kappa shape index (κ3) is 1.22. The van der Waals surface area contributed by atoms with Gasteiger partial charge < -0.3 is 9.72 Å². The zero-order valence-electron chi connectivity index (χ0n) is 7.03. The van der Waals surface area contributed by atoms with E-state index in [1.54, 1.807) is 6.92 Å². The Hall–Kier alpha value is -1.65. The number of nitrogens with zero attached hydrogens (tertiary/aromatic N) is 1. The van der Waals surface area contributed by atoms with E-state index in [1.807, 2.05) is 0 Å². The lowest BCUT2D eigenvalue weighted by Crippen LogP contribution is -2.34. The first-order valence-corrected chi connectivity index (χ1v) is 3.94. The average molecular weight is 180 g/mol. The molecule has 1 N–H and O–H groups in total. The van der Waals surface area contributed by atoms with Gasteiger partial charge in [-0.1, -0.05) is 0 Å². The van der Waals surface area contributed by atoms with Crippen molar-refractivity contribution in [1.29, 1.82) is 0 Å². The summed E-state index contributed by atoms with van der Waals surface area (Å²) in [7, 11) is 0. The molecule has 1 atom stereocenters. The maximum absolute atomic E-state index is 11.2. The summed E-state index contributed by atoms with van der Waals surface area (Å²) in [5, 5.41) is 0. The highest BCUT2D eigenvalue weighted by Crippen LogP contribution is 2.18.